The van der Waals surface area contributed by atoms with Crippen molar-refractivity contribution in [1.29, 1.82) is 0 Å². The van der Waals surface area contributed by atoms with Crippen LogP contribution in [0.5, 0.6) is 0 Å². The number of hydrogen-bond acceptors (Lipinski definition) is 6. The fraction of sp³-hybridized carbons (Fsp3) is 0.250. The molecule has 0 bridgehead atoms. The third kappa shape index (κ3) is 5.45. The maximum absolute atomic E-state index is 12.2. The minimum Gasteiger partial charge on any atom is -0.447 e. The highest BCUT2D eigenvalue weighted by molar-refractivity contribution is 7.98. The Labute approximate surface area is 191 Å². The SMILES string of the molecule is CC(C)CNC(=O)c1coc(CSc2nnc(Cc3ccccc3)n2-c2ccccc2)n1. The second-order valence-electron chi connectivity index (χ2n) is 7.75. The Balaban J connectivity index is 1.51. The first-order valence-electron chi connectivity index (χ1n) is 10.5. The smallest absolute Gasteiger partial charge is 0.273 e. The predicted octanol–water partition coefficient (Wildman–Crippen LogP) is 4.52. The summed E-state index contributed by atoms with van der Waals surface area (Å²) in [7, 11) is 0. The van der Waals surface area contributed by atoms with Crippen LogP contribution in [0.4, 0.5) is 0 Å². The molecule has 0 radical (unpaired) electrons. The first-order chi connectivity index (χ1) is 15.6. The summed E-state index contributed by atoms with van der Waals surface area (Å²) >= 11 is 1.47. The van der Waals surface area contributed by atoms with Gasteiger partial charge in [0.05, 0.1) is 5.75 Å². The average molecular weight is 448 g/mol. The zero-order valence-corrected chi connectivity index (χ0v) is 18.9. The third-order valence-corrected chi connectivity index (χ3v) is 5.61. The van der Waals surface area contributed by atoms with E-state index in [1.807, 2.05) is 62.4 Å². The number of carbonyl (C=O) groups excluding carboxylic acids is 1. The van der Waals surface area contributed by atoms with Gasteiger partial charge in [-0.2, -0.15) is 0 Å². The lowest BCUT2D eigenvalue weighted by Gasteiger charge is -2.10. The predicted molar refractivity (Wildman–Crippen MR) is 124 cm³/mol. The second-order valence-corrected chi connectivity index (χ2v) is 8.69. The highest BCUT2D eigenvalue weighted by Gasteiger charge is 2.17. The van der Waals surface area contributed by atoms with Gasteiger partial charge in [0.1, 0.15) is 12.1 Å². The number of thioether (sulfide) groups is 1. The van der Waals surface area contributed by atoms with Crippen molar-refractivity contribution in [3.63, 3.8) is 0 Å². The summed E-state index contributed by atoms with van der Waals surface area (Å²) < 4.78 is 7.56. The normalized spacial score (nSPS) is 11.1. The molecule has 2 aromatic heterocycles. The first kappa shape index (κ1) is 21.8. The quantitative estimate of drug-likeness (QED) is 0.380. The molecule has 0 spiro atoms. The van der Waals surface area contributed by atoms with Crippen LogP contribution in [0.2, 0.25) is 0 Å². The van der Waals surface area contributed by atoms with Crippen molar-refractivity contribution in [2.45, 2.75) is 31.2 Å². The molecule has 4 rings (SSSR count). The molecule has 8 heteroatoms. The molecular weight excluding hydrogens is 422 g/mol. The molecule has 0 aliphatic carbocycles. The van der Waals surface area contributed by atoms with Crippen molar-refractivity contribution < 1.29 is 9.21 Å². The number of rotatable bonds is 9. The Morgan fingerprint density at radius 3 is 2.50 bits per heavy atom. The van der Waals surface area contributed by atoms with Gasteiger partial charge < -0.3 is 9.73 Å². The van der Waals surface area contributed by atoms with Gasteiger partial charge >= 0.3 is 0 Å². The van der Waals surface area contributed by atoms with Crippen LogP contribution in [0.15, 0.2) is 76.5 Å². The second kappa shape index (κ2) is 10.3. The number of hydrogen-bond donors (Lipinski definition) is 1. The molecule has 1 amide bonds. The minimum atomic E-state index is -0.226. The lowest BCUT2D eigenvalue weighted by atomic mass is 10.1. The summed E-state index contributed by atoms with van der Waals surface area (Å²) in [4.78, 5) is 16.5. The van der Waals surface area contributed by atoms with E-state index in [1.54, 1.807) is 0 Å². The molecule has 0 atom stereocenters. The van der Waals surface area contributed by atoms with Crippen LogP contribution in [-0.4, -0.2) is 32.2 Å². The summed E-state index contributed by atoms with van der Waals surface area (Å²) in [6.45, 7) is 4.68. The number of nitrogens with zero attached hydrogens (tertiary/aromatic N) is 4. The fourth-order valence-electron chi connectivity index (χ4n) is 3.12. The van der Waals surface area contributed by atoms with E-state index in [2.05, 4.69) is 37.2 Å². The van der Waals surface area contributed by atoms with Crippen LogP contribution in [0.1, 0.15) is 41.6 Å². The van der Waals surface area contributed by atoms with Gasteiger partial charge in [0.15, 0.2) is 10.9 Å². The Morgan fingerprint density at radius 2 is 1.78 bits per heavy atom. The van der Waals surface area contributed by atoms with E-state index >= 15 is 0 Å². The van der Waals surface area contributed by atoms with E-state index in [1.165, 1.54) is 23.6 Å². The van der Waals surface area contributed by atoms with Crippen LogP contribution >= 0.6 is 11.8 Å². The van der Waals surface area contributed by atoms with Crippen LogP contribution in [0.3, 0.4) is 0 Å². The highest BCUT2D eigenvalue weighted by atomic mass is 32.2. The Kier molecular flexibility index (Phi) is 7.01. The molecule has 0 saturated carbocycles. The molecule has 32 heavy (non-hydrogen) atoms. The van der Waals surface area contributed by atoms with Crippen molar-refractivity contribution in [3.05, 3.63) is 89.9 Å². The van der Waals surface area contributed by atoms with Crippen molar-refractivity contribution >= 4 is 17.7 Å². The van der Waals surface area contributed by atoms with Crippen LogP contribution in [-0.2, 0) is 12.2 Å². The number of para-hydroxylation sites is 1. The number of benzene rings is 2. The van der Waals surface area contributed by atoms with Gasteiger partial charge in [-0.1, -0.05) is 74.1 Å². The number of carbonyl (C=O) groups is 1. The molecule has 0 fully saturated rings. The molecule has 4 aromatic rings. The summed E-state index contributed by atoms with van der Waals surface area (Å²) in [5.41, 5.74) is 2.45. The Bertz CT molecular complexity index is 1160. The van der Waals surface area contributed by atoms with E-state index in [0.717, 1.165) is 16.7 Å². The van der Waals surface area contributed by atoms with Gasteiger partial charge in [-0.3, -0.25) is 9.36 Å². The number of aromatic nitrogens is 4. The summed E-state index contributed by atoms with van der Waals surface area (Å²) in [6.07, 6.45) is 2.07. The van der Waals surface area contributed by atoms with Gasteiger partial charge in [-0.25, -0.2) is 4.98 Å². The largest absolute Gasteiger partial charge is 0.447 e. The molecule has 0 aliphatic rings. The summed E-state index contributed by atoms with van der Waals surface area (Å²) in [5, 5.41) is 12.5. The van der Waals surface area contributed by atoms with E-state index < -0.39 is 0 Å². The molecule has 7 nitrogen and oxygen atoms in total. The van der Waals surface area contributed by atoms with Gasteiger partial charge in [0.25, 0.3) is 5.91 Å². The summed E-state index contributed by atoms with van der Waals surface area (Å²) in [6, 6.07) is 20.2. The van der Waals surface area contributed by atoms with Gasteiger partial charge in [-0.15, -0.1) is 10.2 Å². The van der Waals surface area contributed by atoms with Crippen molar-refractivity contribution in [3.8, 4) is 5.69 Å². The van der Waals surface area contributed by atoms with E-state index in [-0.39, 0.29) is 11.6 Å². The average Bonchev–Trinajstić information content (AvgIpc) is 3.44. The van der Waals surface area contributed by atoms with Crippen molar-refractivity contribution in [1.82, 2.24) is 25.1 Å². The van der Waals surface area contributed by atoms with Crippen LogP contribution < -0.4 is 5.32 Å². The molecular formula is C24H25N5O2S. The Morgan fingerprint density at radius 1 is 1.06 bits per heavy atom. The molecule has 1 N–H and O–H groups in total. The maximum atomic E-state index is 12.2. The highest BCUT2D eigenvalue weighted by Crippen LogP contribution is 2.26. The topological polar surface area (TPSA) is 85.8 Å². The van der Waals surface area contributed by atoms with Gasteiger partial charge in [0.2, 0.25) is 5.89 Å². The number of amides is 1. The van der Waals surface area contributed by atoms with Crippen molar-refractivity contribution in [2.75, 3.05) is 6.54 Å². The zero-order chi connectivity index (χ0) is 22.3. The van der Waals surface area contributed by atoms with Gasteiger partial charge in [-0.05, 0) is 23.6 Å². The van der Waals surface area contributed by atoms with Gasteiger partial charge in [0, 0.05) is 18.7 Å². The molecule has 164 valence electrons. The molecule has 0 aliphatic heterocycles. The Hall–Kier alpha value is -3.39. The first-order valence-corrected chi connectivity index (χ1v) is 11.5. The zero-order valence-electron chi connectivity index (χ0n) is 18.1. The van der Waals surface area contributed by atoms with E-state index in [9.17, 15) is 4.79 Å². The van der Waals surface area contributed by atoms with Crippen LogP contribution in [0, 0.1) is 5.92 Å². The number of nitrogens with one attached hydrogen (secondary N) is 1. The lowest BCUT2D eigenvalue weighted by molar-refractivity contribution is 0.0944. The molecule has 2 aromatic carbocycles. The molecule has 0 unspecified atom stereocenters. The monoisotopic (exact) mass is 447 g/mol. The fourth-order valence-corrected chi connectivity index (χ4v) is 3.94. The molecule has 0 saturated heterocycles. The summed E-state index contributed by atoms with van der Waals surface area (Å²) in [5.74, 6) is 1.91. The third-order valence-electron chi connectivity index (χ3n) is 4.70. The standard InChI is InChI=1S/C24H25N5O2S/c1-17(2)14-25-23(30)20-15-31-22(26-20)16-32-24-28-27-21(13-18-9-5-3-6-10-18)29(24)19-11-7-4-8-12-19/h3-12,15,17H,13-14,16H2,1-2H3,(H,25,30). The van der Waals surface area contributed by atoms with E-state index in [4.69, 9.17) is 4.42 Å². The lowest BCUT2D eigenvalue weighted by Crippen LogP contribution is -2.27. The number of oxazole rings is 1. The van der Waals surface area contributed by atoms with E-state index in [0.29, 0.717) is 30.5 Å². The van der Waals surface area contributed by atoms with Crippen molar-refractivity contribution in [2.24, 2.45) is 5.92 Å². The maximum Gasteiger partial charge on any atom is 0.273 e. The van der Waals surface area contributed by atoms with Crippen LogP contribution in [0.25, 0.3) is 5.69 Å². The molecule has 2 heterocycles. The minimum absolute atomic E-state index is 0.226.